The number of halogens is 2. The average molecular weight is 414 g/mol. The van der Waals surface area contributed by atoms with E-state index in [-0.39, 0.29) is 35.9 Å². The minimum Gasteiger partial charge on any atom is -0.316 e. The molecule has 0 bridgehead atoms. The van der Waals surface area contributed by atoms with Crippen molar-refractivity contribution in [3.8, 4) is 0 Å². The van der Waals surface area contributed by atoms with E-state index in [2.05, 4.69) is 20.8 Å². The minimum atomic E-state index is -0.447. The smallest absolute Gasteiger partial charge is 0.263 e. The molecule has 3 rings (SSSR count). The molecule has 0 aliphatic carbocycles. The van der Waals surface area contributed by atoms with Crippen LogP contribution in [0.4, 0.5) is 5.82 Å². The SMILES string of the molecule is Cc1ccc(NC(=O)c2c(C)ccn(CC3CCCNC3)c2=O)nn1.Cl.Cl. The summed E-state index contributed by atoms with van der Waals surface area (Å²) < 4.78 is 1.64. The molecule has 2 aromatic rings. The van der Waals surface area contributed by atoms with Gasteiger partial charge in [0, 0.05) is 12.7 Å². The molecule has 1 fully saturated rings. The van der Waals surface area contributed by atoms with Crippen LogP contribution < -0.4 is 16.2 Å². The molecule has 2 N–H and O–H groups in total. The summed E-state index contributed by atoms with van der Waals surface area (Å²) in [5, 5.41) is 13.8. The van der Waals surface area contributed by atoms with Crippen LogP contribution in [0.25, 0.3) is 0 Å². The zero-order valence-electron chi connectivity index (χ0n) is 15.4. The van der Waals surface area contributed by atoms with Gasteiger partial charge in [0.05, 0.1) is 5.69 Å². The van der Waals surface area contributed by atoms with Crippen LogP contribution >= 0.6 is 24.8 Å². The van der Waals surface area contributed by atoms with Crippen molar-refractivity contribution < 1.29 is 4.79 Å². The van der Waals surface area contributed by atoms with Gasteiger partial charge in [-0.3, -0.25) is 9.59 Å². The van der Waals surface area contributed by atoms with Crippen molar-refractivity contribution in [3.63, 3.8) is 0 Å². The molecule has 1 saturated heterocycles. The summed E-state index contributed by atoms with van der Waals surface area (Å²) in [6, 6.07) is 5.24. The molecule has 0 spiro atoms. The van der Waals surface area contributed by atoms with Gasteiger partial charge in [0.2, 0.25) is 0 Å². The van der Waals surface area contributed by atoms with Gasteiger partial charge in [-0.05, 0) is 69.5 Å². The number of hydrogen-bond acceptors (Lipinski definition) is 5. The Labute approximate surface area is 170 Å². The Bertz CT molecular complexity index is 817. The first-order valence-corrected chi connectivity index (χ1v) is 8.57. The second kappa shape index (κ2) is 10.4. The van der Waals surface area contributed by atoms with E-state index in [0.29, 0.717) is 23.8 Å². The number of piperidine rings is 1. The topological polar surface area (TPSA) is 88.9 Å². The van der Waals surface area contributed by atoms with Crippen molar-refractivity contribution in [3.05, 3.63) is 51.6 Å². The molecular formula is C18H25Cl2N5O2. The van der Waals surface area contributed by atoms with Crippen LogP contribution in [0.2, 0.25) is 0 Å². The Balaban J connectivity index is 0.00000182. The van der Waals surface area contributed by atoms with Crippen LogP contribution in [0.3, 0.4) is 0 Å². The summed E-state index contributed by atoms with van der Waals surface area (Å²) in [6.45, 7) is 6.14. The van der Waals surface area contributed by atoms with Gasteiger partial charge < -0.3 is 15.2 Å². The van der Waals surface area contributed by atoms with E-state index in [4.69, 9.17) is 0 Å². The van der Waals surface area contributed by atoms with E-state index in [0.717, 1.165) is 31.6 Å². The first-order valence-electron chi connectivity index (χ1n) is 8.57. The molecule has 3 heterocycles. The number of nitrogens with one attached hydrogen (secondary N) is 2. The largest absolute Gasteiger partial charge is 0.316 e. The Morgan fingerprint density at radius 2 is 2.04 bits per heavy atom. The van der Waals surface area contributed by atoms with Gasteiger partial charge in [-0.15, -0.1) is 29.9 Å². The van der Waals surface area contributed by atoms with E-state index in [9.17, 15) is 9.59 Å². The van der Waals surface area contributed by atoms with Crippen molar-refractivity contribution in [1.82, 2.24) is 20.1 Å². The lowest BCUT2D eigenvalue weighted by Crippen LogP contribution is -2.36. The van der Waals surface area contributed by atoms with E-state index in [1.807, 2.05) is 13.0 Å². The number of carbonyl (C=O) groups is 1. The lowest BCUT2D eigenvalue weighted by molar-refractivity contribution is 0.102. The van der Waals surface area contributed by atoms with Gasteiger partial charge in [-0.25, -0.2) is 0 Å². The van der Waals surface area contributed by atoms with Gasteiger partial charge in [-0.1, -0.05) is 0 Å². The normalized spacial score (nSPS) is 16.0. The fourth-order valence-corrected chi connectivity index (χ4v) is 3.09. The highest BCUT2D eigenvalue weighted by Gasteiger charge is 2.19. The van der Waals surface area contributed by atoms with Crippen LogP contribution in [0, 0.1) is 19.8 Å². The predicted octanol–water partition coefficient (Wildman–Crippen LogP) is 2.35. The molecule has 1 aliphatic rings. The number of nitrogens with zero attached hydrogens (tertiary/aromatic N) is 3. The van der Waals surface area contributed by atoms with Crippen molar-refractivity contribution >= 4 is 36.5 Å². The number of anilines is 1. The fraction of sp³-hybridized carbons (Fsp3) is 0.444. The van der Waals surface area contributed by atoms with Crippen LogP contribution in [0.5, 0.6) is 0 Å². The van der Waals surface area contributed by atoms with Crippen LogP contribution in [-0.2, 0) is 6.54 Å². The molecule has 1 unspecified atom stereocenters. The second-order valence-corrected chi connectivity index (χ2v) is 6.56. The first-order chi connectivity index (χ1) is 12.0. The van der Waals surface area contributed by atoms with Gasteiger partial charge in [0.1, 0.15) is 5.56 Å². The minimum absolute atomic E-state index is 0. The number of aryl methyl sites for hydroxylation is 2. The van der Waals surface area contributed by atoms with Gasteiger partial charge in [-0.2, -0.15) is 5.10 Å². The maximum Gasteiger partial charge on any atom is 0.263 e. The molecule has 1 aliphatic heterocycles. The maximum atomic E-state index is 12.8. The molecule has 9 heteroatoms. The van der Waals surface area contributed by atoms with Crippen LogP contribution in [0.1, 0.15) is 34.5 Å². The maximum absolute atomic E-state index is 12.8. The molecule has 0 aromatic carbocycles. The Morgan fingerprint density at radius 3 is 2.67 bits per heavy atom. The summed E-state index contributed by atoms with van der Waals surface area (Å²) in [4.78, 5) is 25.4. The Hall–Kier alpha value is -1.96. The zero-order chi connectivity index (χ0) is 17.8. The van der Waals surface area contributed by atoms with E-state index in [1.165, 1.54) is 0 Å². The lowest BCUT2D eigenvalue weighted by atomic mass is 9.99. The monoisotopic (exact) mass is 413 g/mol. The van der Waals surface area contributed by atoms with Crippen LogP contribution in [-0.4, -0.2) is 33.8 Å². The summed E-state index contributed by atoms with van der Waals surface area (Å²) in [5.74, 6) is 0.297. The third-order valence-corrected chi connectivity index (χ3v) is 4.49. The van der Waals surface area contributed by atoms with Gasteiger partial charge in [0.25, 0.3) is 11.5 Å². The number of rotatable bonds is 4. The number of pyridine rings is 1. The molecule has 0 radical (unpaired) electrons. The third kappa shape index (κ3) is 5.76. The van der Waals surface area contributed by atoms with E-state index in [1.54, 1.807) is 29.8 Å². The quantitative estimate of drug-likeness (QED) is 0.802. The molecule has 7 nitrogen and oxygen atoms in total. The van der Waals surface area contributed by atoms with Crippen LogP contribution in [0.15, 0.2) is 29.2 Å². The fourth-order valence-electron chi connectivity index (χ4n) is 3.09. The standard InChI is InChI=1S/C18H23N5O2.2ClH/c1-12-7-9-23(11-14-4-3-8-19-10-14)18(25)16(12)17(24)20-15-6-5-13(2)21-22-15;;/h5-7,9,14,19H,3-4,8,10-11H2,1-2H3,(H,20,22,24);2*1H. The summed E-state index contributed by atoms with van der Waals surface area (Å²) >= 11 is 0. The number of amides is 1. The lowest BCUT2D eigenvalue weighted by Gasteiger charge is -2.23. The summed E-state index contributed by atoms with van der Waals surface area (Å²) in [7, 11) is 0. The predicted molar refractivity (Wildman–Crippen MR) is 110 cm³/mol. The third-order valence-electron chi connectivity index (χ3n) is 4.49. The molecule has 1 amide bonds. The molecule has 2 aromatic heterocycles. The number of aromatic nitrogens is 3. The Morgan fingerprint density at radius 1 is 1.26 bits per heavy atom. The Kier molecular flexibility index (Phi) is 8.88. The zero-order valence-corrected chi connectivity index (χ0v) is 17.0. The first kappa shape index (κ1) is 23.1. The van der Waals surface area contributed by atoms with E-state index >= 15 is 0 Å². The molecule has 1 atom stereocenters. The van der Waals surface area contributed by atoms with Crippen molar-refractivity contribution in [1.29, 1.82) is 0 Å². The number of hydrogen-bond donors (Lipinski definition) is 2. The van der Waals surface area contributed by atoms with E-state index < -0.39 is 5.91 Å². The second-order valence-electron chi connectivity index (χ2n) is 6.56. The van der Waals surface area contributed by atoms with Crippen molar-refractivity contribution in [2.75, 3.05) is 18.4 Å². The highest BCUT2D eigenvalue weighted by atomic mass is 35.5. The molecule has 27 heavy (non-hydrogen) atoms. The van der Waals surface area contributed by atoms with Gasteiger partial charge >= 0.3 is 0 Å². The molecule has 0 saturated carbocycles. The highest BCUT2D eigenvalue weighted by molar-refractivity contribution is 6.04. The van der Waals surface area contributed by atoms with Crippen molar-refractivity contribution in [2.24, 2.45) is 5.92 Å². The average Bonchev–Trinajstić information content (AvgIpc) is 2.60. The van der Waals surface area contributed by atoms with Gasteiger partial charge in [0.15, 0.2) is 5.82 Å². The number of carbonyl (C=O) groups excluding carboxylic acids is 1. The summed E-state index contributed by atoms with van der Waals surface area (Å²) in [6.07, 6.45) is 3.98. The summed E-state index contributed by atoms with van der Waals surface area (Å²) in [5.41, 5.74) is 1.31. The highest BCUT2D eigenvalue weighted by Crippen LogP contribution is 2.13. The van der Waals surface area contributed by atoms with Crippen molar-refractivity contribution in [2.45, 2.75) is 33.2 Å². The molecular weight excluding hydrogens is 389 g/mol. The molecule has 148 valence electrons.